The molecule has 6 heteroatoms. The Hall–Kier alpha value is -2.14. The fourth-order valence-corrected chi connectivity index (χ4v) is 3.52. The minimum atomic E-state index is -0.132. The van der Waals surface area contributed by atoms with Crippen LogP contribution < -0.4 is 10.1 Å². The maximum Gasteiger partial charge on any atom is 0.322 e. The van der Waals surface area contributed by atoms with Crippen molar-refractivity contribution in [2.75, 3.05) is 19.0 Å². The Morgan fingerprint density at radius 3 is 2.83 bits per heavy atom. The maximum atomic E-state index is 12.8. The quantitative estimate of drug-likeness (QED) is 0.891. The molecule has 0 fully saturated rings. The normalized spacial score (nSPS) is 16.7. The summed E-state index contributed by atoms with van der Waals surface area (Å²) in [5.74, 6) is 0.594. The lowest BCUT2D eigenvalue weighted by Gasteiger charge is -2.37. The third-order valence-electron chi connectivity index (χ3n) is 4.57. The Balaban J connectivity index is 1.84. The predicted molar refractivity (Wildman–Crippen MR) is 95.9 cm³/mol. The van der Waals surface area contributed by atoms with Gasteiger partial charge in [0.2, 0.25) is 0 Å². The van der Waals surface area contributed by atoms with Gasteiger partial charge in [0.25, 0.3) is 0 Å². The first-order valence-corrected chi connectivity index (χ1v) is 8.50. The molecular formula is C18H22ClN3O2. The average molecular weight is 348 g/mol. The molecule has 2 amide bonds. The first-order chi connectivity index (χ1) is 11.5. The van der Waals surface area contributed by atoms with Gasteiger partial charge in [-0.3, -0.25) is 0 Å². The van der Waals surface area contributed by atoms with Gasteiger partial charge in [-0.25, -0.2) is 4.79 Å². The second-order valence-electron chi connectivity index (χ2n) is 5.94. The van der Waals surface area contributed by atoms with Crippen LogP contribution in [0.5, 0.6) is 5.75 Å². The lowest BCUT2D eigenvalue weighted by atomic mass is 10.1. The highest BCUT2D eigenvalue weighted by Crippen LogP contribution is 2.32. The molecule has 2 aromatic rings. The number of carbonyl (C=O) groups excluding carboxylic acids is 1. The number of aromatic nitrogens is 1. The van der Waals surface area contributed by atoms with Crippen molar-refractivity contribution in [1.82, 2.24) is 9.47 Å². The highest BCUT2D eigenvalue weighted by atomic mass is 35.5. The zero-order valence-electron chi connectivity index (χ0n) is 14.2. The van der Waals surface area contributed by atoms with Crippen LogP contribution in [-0.2, 0) is 6.54 Å². The monoisotopic (exact) mass is 347 g/mol. The lowest BCUT2D eigenvalue weighted by molar-refractivity contribution is 0.165. The molecule has 1 aliphatic heterocycles. The van der Waals surface area contributed by atoms with Crippen molar-refractivity contribution in [3.63, 3.8) is 0 Å². The number of benzene rings is 1. The van der Waals surface area contributed by atoms with E-state index in [4.69, 9.17) is 16.3 Å². The number of rotatable bonds is 3. The Morgan fingerprint density at radius 1 is 1.33 bits per heavy atom. The average Bonchev–Trinajstić information content (AvgIpc) is 2.95. The maximum absolute atomic E-state index is 12.8. The van der Waals surface area contributed by atoms with Gasteiger partial charge < -0.3 is 19.5 Å². The second kappa shape index (κ2) is 6.77. The first-order valence-electron chi connectivity index (χ1n) is 8.12. The number of anilines is 1. The van der Waals surface area contributed by atoms with E-state index in [2.05, 4.69) is 35.9 Å². The van der Waals surface area contributed by atoms with Crippen LogP contribution in [0.1, 0.15) is 30.8 Å². The molecule has 5 nitrogen and oxygen atoms in total. The first kappa shape index (κ1) is 16.7. The van der Waals surface area contributed by atoms with E-state index < -0.39 is 0 Å². The Morgan fingerprint density at radius 2 is 2.12 bits per heavy atom. The largest absolute Gasteiger partial charge is 0.495 e. The van der Waals surface area contributed by atoms with E-state index in [0.29, 0.717) is 23.0 Å². The van der Waals surface area contributed by atoms with Crippen molar-refractivity contribution in [2.45, 2.75) is 32.9 Å². The molecule has 128 valence electrons. The second-order valence-corrected chi connectivity index (χ2v) is 6.38. The number of aryl methyl sites for hydroxylation is 1. The Bertz CT molecular complexity index is 757. The molecule has 0 saturated heterocycles. The van der Waals surface area contributed by atoms with Gasteiger partial charge in [0.15, 0.2) is 0 Å². The number of hydrogen-bond acceptors (Lipinski definition) is 2. The number of hydrogen-bond donors (Lipinski definition) is 1. The van der Waals surface area contributed by atoms with E-state index in [1.807, 2.05) is 4.90 Å². The van der Waals surface area contributed by atoms with Gasteiger partial charge in [-0.15, -0.1) is 0 Å². The lowest BCUT2D eigenvalue weighted by Crippen LogP contribution is -2.44. The van der Waals surface area contributed by atoms with E-state index in [9.17, 15) is 4.79 Å². The van der Waals surface area contributed by atoms with Crippen LogP contribution in [0.3, 0.4) is 0 Å². The third-order valence-corrected chi connectivity index (χ3v) is 4.80. The van der Waals surface area contributed by atoms with Crippen molar-refractivity contribution in [2.24, 2.45) is 0 Å². The smallest absolute Gasteiger partial charge is 0.322 e. The van der Waals surface area contributed by atoms with E-state index in [1.54, 1.807) is 25.3 Å². The molecule has 1 aliphatic rings. The summed E-state index contributed by atoms with van der Waals surface area (Å²) in [7, 11) is 1.57. The van der Waals surface area contributed by atoms with Crippen LogP contribution in [0.15, 0.2) is 30.3 Å². The van der Waals surface area contributed by atoms with Gasteiger partial charge in [-0.05, 0) is 43.7 Å². The van der Waals surface area contributed by atoms with Gasteiger partial charge in [0.1, 0.15) is 5.75 Å². The molecule has 0 saturated carbocycles. The molecule has 1 aromatic carbocycles. The zero-order chi connectivity index (χ0) is 17.3. The number of ether oxygens (including phenoxy) is 1. The number of fused-ring (bicyclic) bond motifs is 1. The number of amides is 2. The van der Waals surface area contributed by atoms with Crippen molar-refractivity contribution < 1.29 is 9.53 Å². The highest BCUT2D eigenvalue weighted by Gasteiger charge is 2.30. The molecule has 0 bridgehead atoms. The fraction of sp³-hybridized carbons (Fsp3) is 0.389. The summed E-state index contributed by atoms with van der Waals surface area (Å²) in [5.41, 5.74) is 3.01. The molecule has 1 aromatic heterocycles. The van der Waals surface area contributed by atoms with Crippen molar-refractivity contribution in [3.05, 3.63) is 46.7 Å². The van der Waals surface area contributed by atoms with E-state index in [1.165, 1.54) is 11.4 Å². The van der Waals surface area contributed by atoms with Gasteiger partial charge in [-0.2, -0.15) is 0 Å². The summed E-state index contributed by atoms with van der Waals surface area (Å²) in [6.45, 7) is 5.69. The summed E-state index contributed by atoms with van der Waals surface area (Å²) < 4.78 is 7.59. The Labute approximate surface area is 147 Å². The van der Waals surface area contributed by atoms with Crippen molar-refractivity contribution in [3.8, 4) is 5.75 Å². The zero-order valence-corrected chi connectivity index (χ0v) is 14.9. The predicted octanol–water partition coefficient (Wildman–Crippen LogP) is 4.46. The number of nitrogens with zero attached hydrogens (tertiary/aromatic N) is 2. The van der Waals surface area contributed by atoms with Gasteiger partial charge >= 0.3 is 6.03 Å². The molecule has 1 atom stereocenters. The number of urea groups is 1. The topological polar surface area (TPSA) is 46.5 Å². The minimum Gasteiger partial charge on any atom is -0.495 e. The van der Waals surface area contributed by atoms with Crippen LogP contribution in [0, 0.1) is 6.92 Å². The van der Waals surface area contributed by atoms with Crippen LogP contribution >= 0.6 is 11.6 Å². The molecule has 2 heterocycles. The van der Waals surface area contributed by atoms with Crippen LogP contribution in [-0.4, -0.2) is 29.2 Å². The van der Waals surface area contributed by atoms with E-state index in [0.717, 1.165) is 13.0 Å². The number of nitrogens with one attached hydrogen (secondary N) is 1. The van der Waals surface area contributed by atoms with Gasteiger partial charge in [-0.1, -0.05) is 18.5 Å². The van der Waals surface area contributed by atoms with Crippen molar-refractivity contribution >= 4 is 23.3 Å². The molecule has 24 heavy (non-hydrogen) atoms. The van der Waals surface area contributed by atoms with E-state index >= 15 is 0 Å². The molecule has 0 unspecified atom stereocenters. The molecule has 1 N–H and O–H groups in total. The summed E-state index contributed by atoms with van der Waals surface area (Å²) in [4.78, 5) is 14.7. The van der Waals surface area contributed by atoms with Crippen LogP contribution in [0.25, 0.3) is 0 Å². The van der Waals surface area contributed by atoms with E-state index in [-0.39, 0.29) is 12.1 Å². The minimum absolute atomic E-state index is 0.0672. The third kappa shape index (κ3) is 2.96. The van der Waals surface area contributed by atoms with Gasteiger partial charge in [0.05, 0.1) is 18.8 Å². The Kier molecular flexibility index (Phi) is 4.71. The van der Waals surface area contributed by atoms with Crippen molar-refractivity contribution in [1.29, 1.82) is 0 Å². The summed E-state index contributed by atoms with van der Waals surface area (Å²) in [5, 5.41) is 3.50. The SMILES string of the molecule is CC[C@H]1c2ccc(C)n2CCN1C(=O)Nc1cc(Cl)ccc1OC. The number of carbonyl (C=O) groups is 1. The fourth-order valence-electron chi connectivity index (χ4n) is 3.35. The molecule has 0 radical (unpaired) electrons. The number of methoxy groups -OCH3 is 1. The van der Waals surface area contributed by atoms with Crippen LogP contribution in [0.2, 0.25) is 5.02 Å². The summed E-state index contributed by atoms with van der Waals surface area (Å²) >= 11 is 6.04. The summed E-state index contributed by atoms with van der Waals surface area (Å²) in [6, 6.07) is 9.35. The molecular weight excluding hydrogens is 326 g/mol. The number of halogens is 1. The molecule has 3 rings (SSSR count). The summed E-state index contributed by atoms with van der Waals surface area (Å²) in [6.07, 6.45) is 0.865. The standard InChI is InChI=1S/C18H22ClN3O2/c1-4-15-16-7-5-12(2)21(16)9-10-22(15)18(23)20-14-11-13(19)6-8-17(14)24-3/h5-8,11,15H,4,9-10H2,1-3H3,(H,20,23)/t15-/m0/s1. The molecule has 0 aliphatic carbocycles. The highest BCUT2D eigenvalue weighted by molar-refractivity contribution is 6.31. The van der Waals surface area contributed by atoms with Gasteiger partial charge in [0, 0.05) is 29.5 Å². The molecule has 0 spiro atoms. The van der Waals surface area contributed by atoms with Crippen LogP contribution in [0.4, 0.5) is 10.5 Å².